The van der Waals surface area contributed by atoms with Crippen molar-refractivity contribution in [3.63, 3.8) is 0 Å². The lowest BCUT2D eigenvalue weighted by Crippen LogP contribution is -2.28. The van der Waals surface area contributed by atoms with Crippen molar-refractivity contribution in [3.8, 4) is 5.69 Å². The summed E-state index contributed by atoms with van der Waals surface area (Å²) in [6.45, 7) is 5.03. The fraction of sp³-hybridized carbons (Fsp3) is 0.267. The first-order valence-electron chi connectivity index (χ1n) is 6.42. The Bertz CT molecular complexity index is 768. The molecule has 2 rings (SSSR count). The Labute approximate surface area is 135 Å². The highest BCUT2D eigenvalue weighted by atomic mass is 127. The number of hydrogen-bond donors (Lipinski definition) is 1. The van der Waals surface area contributed by atoms with Gasteiger partial charge in [-0.1, -0.05) is 12.1 Å². The smallest absolute Gasteiger partial charge is 0.352 e. The average Bonchev–Trinajstić information content (AvgIpc) is 2.40. The van der Waals surface area contributed by atoms with Gasteiger partial charge in [-0.25, -0.2) is 4.79 Å². The third-order valence-corrected chi connectivity index (χ3v) is 4.38. The molecule has 0 amide bonds. The molecule has 21 heavy (non-hydrogen) atoms. The Balaban J connectivity index is 2.80. The third-order valence-electron chi connectivity index (χ3n) is 3.47. The van der Waals surface area contributed by atoms with E-state index in [1.807, 2.05) is 24.3 Å². The summed E-state index contributed by atoms with van der Waals surface area (Å²) >= 11 is 2.14. The lowest BCUT2D eigenvalue weighted by atomic mass is 9.98. The largest absolute Gasteiger partial charge is 0.481 e. The van der Waals surface area contributed by atoms with Gasteiger partial charge in [0.25, 0.3) is 0 Å². The van der Waals surface area contributed by atoms with E-state index in [0.717, 1.165) is 3.57 Å². The number of halogens is 1. The van der Waals surface area contributed by atoms with Gasteiger partial charge in [0.15, 0.2) is 0 Å². The zero-order valence-electron chi connectivity index (χ0n) is 11.9. The molecule has 6 heteroatoms. The SMILES string of the molecule is Cc1nc(=O)n(-c2ccccc2I)c(C)c1C(C)C(=O)O. The van der Waals surface area contributed by atoms with E-state index in [1.165, 1.54) is 4.57 Å². The first-order valence-corrected chi connectivity index (χ1v) is 7.50. The second-order valence-corrected chi connectivity index (χ2v) is 5.99. The van der Waals surface area contributed by atoms with E-state index in [-0.39, 0.29) is 0 Å². The number of hydrogen-bond acceptors (Lipinski definition) is 3. The van der Waals surface area contributed by atoms with E-state index in [2.05, 4.69) is 27.6 Å². The highest BCUT2D eigenvalue weighted by Gasteiger charge is 2.23. The van der Waals surface area contributed by atoms with Crippen LogP contribution in [0.1, 0.15) is 29.8 Å². The van der Waals surface area contributed by atoms with E-state index in [1.54, 1.807) is 20.8 Å². The minimum absolute atomic E-state index is 0.393. The van der Waals surface area contributed by atoms with Crippen LogP contribution < -0.4 is 5.69 Å². The molecule has 0 fully saturated rings. The molecular formula is C15H15IN2O3. The first kappa shape index (κ1) is 15.7. The second kappa shape index (κ2) is 5.97. The summed E-state index contributed by atoms with van der Waals surface area (Å²) in [7, 11) is 0. The van der Waals surface area contributed by atoms with Crippen LogP contribution in [-0.2, 0) is 4.79 Å². The van der Waals surface area contributed by atoms with Crippen molar-refractivity contribution in [2.24, 2.45) is 0 Å². The molecule has 0 radical (unpaired) electrons. The Morgan fingerprint density at radius 3 is 2.52 bits per heavy atom. The number of para-hydroxylation sites is 1. The Kier molecular flexibility index (Phi) is 4.46. The predicted molar refractivity (Wildman–Crippen MR) is 88.1 cm³/mol. The van der Waals surface area contributed by atoms with E-state index < -0.39 is 17.6 Å². The van der Waals surface area contributed by atoms with Gasteiger partial charge < -0.3 is 5.11 Å². The summed E-state index contributed by atoms with van der Waals surface area (Å²) < 4.78 is 2.38. The normalized spacial score (nSPS) is 12.2. The molecule has 0 aliphatic carbocycles. The molecule has 1 aromatic carbocycles. The van der Waals surface area contributed by atoms with Gasteiger partial charge in [-0.2, -0.15) is 4.98 Å². The average molecular weight is 398 g/mol. The van der Waals surface area contributed by atoms with Crippen molar-refractivity contribution in [2.75, 3.05) is 0 Å². The number of aliphatic carboxylic acids is 1. The van der Waals surface area contributed by atoms with Gasteiger partial charge in [0.1, 0.15) is 0 Å². The molecule has 5 nitrogen and oxygen atoms in total. The summed E-state index contributed by atoms with van der Waals surface area (Å²) in [6, 6.07) is 7.43. The quantitative estimate of drug-likeness (QED) is 0.808. The number of benzene rings is 1. The molecule has 0 saturated heterocycles. The van der Waals surface area contributed by atoms with Crippen LogP contribution in [0.3, 0.4) is 0 Å². The standard InChI is InChI=1S/C15H15IN2O3/c1-8(14(19)20)13-9(2)17-15(21)18(10(13)3)12-7-5-4-6-11(12)16/h4-8H,1-3H3,(H,19,20). The number of aromatic nitrogens is 2. The molecule has 0 spiro atoms. The van der Waals surface area contributed by atoms with Crippen LogP contribution in [0, 0.1) is 17.4 Å². The van der Waals surface area contributed by atoms with Crippen molar-refractivity contribution in [1.29, 1.82) is 0 Å². The number of carbonyl (C=O) groups is 1. The summed E-state index contributed by atoms with van der Waals surface area (Å²) in [5.41, 5.74) is 1.99. The van der Waals surface area contributed by atoms with E-state index in [9.17, 15) is 14.7 Å². The van der Waals surface area contributed by atoms with E-state index >= 15 is 0 Å². The molecule has 1 aromatic heterocycles. The zero-order valence-corrected chi connectivity index (χ0v) is 14.1. The molecule has 0 saturated carbocycles. The minimum atomic E-state index is -0.934. The molecule has 110 valence electrons. The number of carboxylic acids is 1. The maximum absolute atomic E-state index is 12.3. The van der Waals surface area contributed by atoms with Gasteiger partial charge in [0, 0.05) is 20.5 Å². The van der Waals surface area contributed by atoms with Crippen LogP contribution in [-0.4, -0.2) is 20.6 Å². The predicted octanol–water partition coefficient (Wildman–Crippen LogP) is 2.64. The first-order chi connectivity index (χ1) is 9.84. The third kappa shape index (κ3) is 2.85. The van der Waals surface area contributed by atoms with Crippen LogP contribution in [0.15, 0.2) is 29.1 Å². The van der Waals surface area contributed by atoms with Gasteiger partial charge in [-0.05, 0) is 55.5 Å². The fourth-order valence-electron chi connectivity index (χ4n) is 2.45. The molecule has 0 bridgehead atoms. The van der Waals surface area contributed by atoms with E-state index in [0.29, 0.717) is 22.6 Å². The van der Waals surface area contributed by atoms with Crippen molar-refractivity contribution in [3.05, 3.63) is 55.3 Å². The van der Waals surface area contributed by atoms with Crippen molar-refractivity contribution in [2.45, 2.75) is 26.7 Å². The molecular weight excluding hydrogens is 383 g/mol. The van der Waals surface area contributed by atoms with Crippen molar-refractivity contribution < 1.29 is 9.90 Å². The van der Waals surface area contributed by atoms with Gasteiger partial charge >= 0.3 is 11.7 Å². The number of nitrogens with zero attached hydrogens (tertiary/aromatic N) is 2. The van der Waals surface area contributed by atoms with Crippen LogP contribution >= 0.6 is 22.6 Å². The zero-order chi connectivity index (χ0) is 15.7. The topological polar surface area (TPSA) is 72.2 Å². The van der Waals surface area contributed by atoms with Gasteiger partial charge in [0.2, 0.25) is 0 Å². The fourth-order valence-corrected chi connectivity index (χ4v) is 3.07. The lowest BCUT2D eigenvalue weighted by Gasteiger charge is -2.18. The Hall–Kier alpha value is -1.70. The van der Waals surface area contributed by atoms with Gasteiger partial charge in [-0.3, -0.25) is 9.36 Å². The Morgan fingerprint density at radius 2 is 1.95 bits per heavy atom. The summed E-state index contributed by atoms with van der Waals surface area (Å²) in [5, 5.41) is 9.25. The molecule has 0 aliphatic heterocycles. The number of rotatable bonds is 3. The maximum atomic E-state index is 12.3. The molecule has 1 atom stereocenters. The summed E-state index contributed by atoms with van der Waals surface area (Å²) in [5.74, 6) is -1.65. The highest BCUT2D eigenvalue weighted by molar-refractivity contribution is 14.1. The monoisotopic (exact) mass is 398 g/mol. The molecule has 1 heterocycles. The van der Waals surface area contributed by atoms with Crippen LogP contribution in [0.25, 0.3) is 5.69 Å². The molecule has 2 aromatic rings. The maximum Gasteiger partial charge on any atom is 0.352 e. The summed E-state index contributed by atoms with van der Waals surface area (Å²) in [6.07, 6.45) is 0. The van der Waals surface area contributed by atoms with Crippen LogP contribution in [0.4, 0.5) is 0 Å². The molecule has 1 unspecified atom stereocenters. The highest BCUT2D eigenvalue weighted by Crippen LogP contribution is 2.24. The lowest BCUT2D eigenvalue weighted by molar-refractivity contribution is -0.138. The number of aryl methyl sites for hydroxylation is 1. The van der Waals surface area contributed by atoms with Crippen molar-refractivity contribution >= 4 is 28.6 Å². The van der Waals surface area contributed by atoms with Crippen molar-refractivity contribution in [1.82, 2.24) is 9.55 Å². The van der Waals surface area contributed by atoms with Crippen LogP contribution in [0.5, 0.6) is 0 Å². The van der Waals surface area contributed by atoms with E-state index in [4.69, 9.17) is 0 Å². The summed E-state index contributed by atoms with van der Waals surface area (Å²) in [4.78, 5) is 27.5. The van der Waals surface area contributed by atoms with Gasteiger partial charge in [-0.15, -0.1) is 0 Å². The minimum Gasteiger partial charge on any atom is -0.481 e. The molecule has 1 N–H and O–H groups in total. The molecule has 0 aliphatic rings. The van der Waals surface area contributed by atoms with Gasteiger partial charge in [0.05, 0.1) is 11.6 Å². The number of carboxylic acid groups (broad SMARTS) is 1. The van der Waals surface area contributed by atoms with Crippen LogP contribution in [0.2, 0.25) is 0 Å². The Morgan fingerprint density at radius 1 is 1.33 bits per heavy atom. The second-order valence-electron chi connectivity index (χ2n) is 4.83.